The van der Waals surface area contributed by atoms with E-state index in [1.54, 1.807) is 20.8 Å². The molecular weight excluding hydrogens is 230 g/mol. The highest BCUT2D eigenvalue weighted by molar-refractivity contribution is 5.72. The molecule has 0 fully saturated rings. The average molecular weight is 249 g/mol. The first-order valence-electron chi connectivity index (χ1n) is 5.72. The van der Waals surface area contributed by atoms with Crippen molar-refractivity contribution in [2.24, 2.45) is 0 Å². The van der Waals surface area contributed by atoms with Gasteiger partial charge in [-0.3, -0.25) is 5.21 Å². The van der Waals surface area contributed by atoms with Gasteiger partial charge in [-0.05, 0) is 31.9 Å². The lowest BCUT2D eigenvalue weighted by Crippen LogP contribution is -2.35. The molecule has 0 aliphatic heterocycles. The third-order valence-electron chi connectivity index (χ3n) is 2.13. The Bertz CT molecular complexity index is 420. The molecular formula is C14H19NO3. The summed E-state index contributed by atoms with van der Waals surface area (Å²) in [5, 5.41) is 10.1. The van der Waals surface area contributed by atoms with E-state index in [0.29, 0.717) is 10.6 Å². The van der Waals surface area contributed by atoms with Crippen molar-refractivity contribution in [3.63, 3.8) is 0 Å². The molecule has 0 radical (unpaired) electrons. The zero-order valence-corrected chi connectivity index (χ0v) is 11.0. The van der Waals surface area contributed by atoms with Gasteiger partial charge < -0.3 is 4.74 Å². The lowest BCUT2D eigenvalue weighted by atomic mass is 10.1. The van der Waals surface area contributed by atoms with Crippen molar-refractivity contribution in [3.8, 4) is 0 Å². The summed E-state index contributed by atoms with van der Waals surface area (Å²) >= 11 is 0. The topological polar surface area (TPSA) is 49.8 Å². The number of carbonyl (C=O) groups is 1. The fourth-order valence-electron chi connectivity index (χ4n) is 1.33. The third-order valence-corrected chi connectivity index (χ3v) is 2.13. The largest absolute Gasteiger partial charge is 0.442 e. The van der Waals surface area contributed by atoms with Crippen molar-refractivity contribution in [1.29, 1.82) is 0 Å². The van der Waals surface area contributed by atoms with E-state index in [2.05, 4.69) is 6.58 Å². The minimum absolute atomic E-state index is 0.0128. The van der Waals surface area contributed by atoms with Crippen LogP contribution in [0.2, 0.25) is 0 Å². The van der Waals surface area contributed by atoms with Gasteiger partial charge in [-0.2, -0.15) is 5.06 Å². The molecule has 4 nitrogen and oxygen atoms in total. The highest BCUT2D eigenvalue weighted by Crippen LogP contribution is 2.14. The molecule has 98 valence electrons. The maximum Gasteiger partial charge on any atom is 0.434 e. The lowest BCUT2D eigenvalue weighted by Gasteiger charge is -2.23. The van der Waals surface area contributed by atoms with Crippen molar-refractivity contribution >= 4 is 11.7 Å². The van der Waals surface area contributed by atoms with E-state index in [1.165, 1.54) is 0 Å². The highest BCUT2D eigenvalue weighted by atomic mass is 16.6. The molecule has 1 N–H and O–H groups in total. The van der Waals surface area contributed by atoms with Crippen LogP contribution >= 0.6 is 0 Å². The Labute approximate surface area is 107 Å². The average Bonchev–Trinajstić information content (AvgIpc) is 2.27. The number of hydrogen-bond acceptors (Lipinski definition) is 3. The summed E-state index contributed by atoms with van der Waals surface area (Å²) in [5.41, 5.74) is 0.885. The SMILES string of the molecule is C=C(CN(O)C(=O)OC(C)(C)C)c1ccccc1. The molecule has 0 aliphatic rings. The second-order valence-corrected chi connectivity index (χ2v) is 5.01. The highest BCUT2D eigenvalue weighted by Gasteiger charge is 2.21. The number of hydrogen-bond donors (Lipinski definition) is 1. The van der Waals surface area contributed by atoms with Gasteiger partial charge in [-0.25, -0.2) is 4.79 Å². The normalized spacial score (nSPS) is 10.9. The molecule has 18 heavy (non-hydrogen) atoms. The van der Waals surface area contributed by atoms with Crippen LogP contribution in [0.5, 0.6) is 0 Å². The number of benzene rings is 1. The van der Waals surface area contributed by atoms with Gasteiger partial charge >= 0.3 is 6.09 Å². The van der Waals surface area contributed by atoms with Crippen LogP contribution in [0.1, 0.15) is 26.3 Å². The molecule has 1 aromatic carbocycles. The fourth-order valence-corrected chi connectivity index (χ4v) is 1.33. The van der Waals surface area contributed by atoms with E-state index < -0.39 is 11.7 Å². The van der Waals surface area contributed by atoms with Gasteiger partial charge in [0.05, 0.1) is 6.54 Å². The van der Waals surface area contributed by atoms with E-state index in [4.69, 9.17) is 4.74 Å². The molecule has 0 saturated carbocycles. The molecule has 1 rings (SSSR count). The Morgan fingerprint density at radius 3 is 2.39 bits per heavy atom. The molecule has 4 heteroatoms. The van der Waals surface area contributed by atoms with Gasteiger partial charge in [0.1, 0.15) is 5.60 Å². The van der Waals surface area contributed by atoms with E-state index in [9.17, 15) is 10.0 Å². The Hall–Kier alpha value is -1.81. The van der Waals surface area contributed by atoms with E-state index in [0.717, 1.165) is 5.56 Å². The van der Waals surface area contributed by atoms with E-state index in [-0.39, 0.29) is 6.54 Å². The van der Waals surface area contributed by atoms with Crippen LogP contribution in [-0.2, 0) is 4.74 Å². The first kappa shape index (κ1) is 14.3. The van der Waals surface area contributed by atoms with Crippen molar-refractivity contribution in [3.05, 3.63) is 42.5 Å². The summed E-state index contributed by atoms with van der Waals surface area (Å²) in [6.07, 6.45) is -0.778. The fraction of sp³-hybridized carbons (Fsp3) is 0.357. The predicted molar refractivity (Wildman–Crippen MR) is 70.2 cm³/mol. The van der Waals surface area contributed by atoms with Crippen molar-refractivity contribution in [2.45, 2.75) is 26.4 Å². The van der Waals surface area contributed by atoms with Crippen molar-refractivity contribution < 1.29 is 14.7 Å². The molecule has 1 aromatic rings. The minimum atomic E-state index is -0.778. The molecule has 0 aliphatic carbocycles. The molecule has 0 saturated heterocycles. The lowest BCUT2D eigenvalue weighted by molar-refractivity contribution is -0.0852. The first-order valence-corrected chi connectivity index (χ1v) is 5.72. The van der Waals surface area contributed by atoms with Crippen LogP contribution in [0.15, 0.2) is 36.9 Å². The van der Waals surface area contributed by atoms with Gasteiger partial charge in [-0.15, -0.1) is 0 Å². The van der Waals surface area contributed by atoms with Crippen molar-refractivity contribution in [2.75, 3.05) is 6.54 Å². The Kier molecular flexibility index (Phi) is 4.50. The molecule has 0 unspecified atom stereocenters. The van der Waals surface area contributed by atoms with Crippen LogP contribution in [0.3, 0.4) is 0 Å². The Morgan fingerprint density at radius 1 is 1.33 bits per heavy atom. The van der Waals surface area contributed by atoms with Crippen LogP contribution in [0.25, 0.3) is 5.57 Å². The van der Waals surface area contributed by atoms with Crippen molar-refractivity contribution in [1.82, 2.24) is 5.06 Å². The number of nitrogens with zero attached hydrogens (tertiary/aromatic N) is 1. The molecule has 0 bridgehead atoms. The predicted octanol–water partition coefficient (Wildman–Crippen LogP) is 3.33. The summed E-state index contributed by atoms with van der Waals surface area (Å²) in [7, 11) is 0. The van der Waals surface area contributed by atoms with Crippen LogP contribution in [0.4, 0.5) is 4.79 Å². The van der Waals surface area contributed by atoms with Crippen LogP contribution in [0, 0.1) is 0 Å². The van der Waals surface area contributed by atoms with E-state index in [1.807, 2.05) is 30.3 Å². The number of rotatable bonds is 3. The summed E-state index contributed by atoms with van der Waals surface area (Å²) in [6, 6.07) is 9.36. The van der Waals surface area contributed by atoms with Gasteiger partial charge in [0.25, 0.3) is 0 Å². The number of hydroxylamine groups is 2. The summed E-state index contributed by atoms with van der Waals surface area (Å²) in [4.78, 5) is 11.5. The molecule has 0 aromatic heterocycles. The molecule has 1 amide bonds. The Balaban J connectivity index is 2.58. The minimum Gasteiger partial charge on any atom is -0.442 e. The second kappa shape index (κ2) is 5.69. The first-order chi connectivity index (χ1) is 8.29. The molecule has 0 atom stereocenters. The summed E-state index contributed by atoms with van der Waals surface area (Å²) in [5.74, 6) is 0. The van der Waals surface area contributed by atoms with Crippen LogP contribution < -0.4 is 0 Å². The summed E-state index contributed by atoms with van der Waals surface area (Å²) < 4.78 is 5.03. The van der Waals surface area contributed by atoms with Crippen LogP contribution in [-0.4, -0.2) is 28.5 Å². The number of carbonyl (C=O) groups excluding carboxylic acids is 1. The van der Waals surface area contributed by atoms with Gasteiger partial charge in [0.2, 0.25) is 0 Å². The number of amides is 1. The second-order valence-electron chi connectivity index (χ2n) is 5.01. The molecule has 0 heterocycles. The number of ether oxygens (including phenoxy) is 1. The van der Waals surface area contributed by atoms with E-state index >= 15 is 0 Å². The molecule has 0 spiro atoms. The smallest absolute Gasteiger partial charge is 0.434 e. The maximum atomic E-state index is 11.5. The van der Waals surface area contributed by atoms with Gasteiger partial charge in [0.15, 0.2) is 0 Å². The van der Waals surface area contributed by atoms with Gasteiger partial charge in [-0.1, -0.05) is 36.9 Å². The Morgan fingerprint density at radius 2 is 1.89 bits per heavy atom. The quantitative estimate of drug-likeness (QED) is 0.660. The maximum absolute atomic E-state index is 11.5. The third kappa shape index (κ3) is 4.59. The van der Waals surface area contributed by atoms with Gasteiger partial charge in [0, 0.05) is 0 Å². The zero-order chi connectivity index (χ0) is 13.8. The monoisotopic (exact) mass is 249 g/mol. The zero-order valence-electron chi connectivity index (χ0n) is 11.0. The summed E-state index contributed by atoms with van der Waals surface area (Å²) in [6.45, 7) is 9.07. The standard InChI is InChI=1S/C14H19NO3/c1-11(12-8-6-5-7-9-12)10-15(17)13(16)18-14(2,3)4/h5-9,17H,1,10H2,2-4H3.